The zero-order valence-electron chi connectivity index (χ0n) is 25.6. The fourth-order valence-electron chi connectivity index (χ4n) is 6.46. The second-order valence-corrected chi connectivity index (χ2v) is 11.9. The molecular formula is C42H40N2. The van der Waals surface area contributed by atoms with Gasteiger partial charge in [-0.15, -0.1) is 0 Å². The van der Waals surface area contributed by atoms with E-state index in [0.717, 1.165) is 32.1 Å². The summed E-state index contributed by atoms with van der Waals surface area (Å²) in [5.74, 6) is 0. The Bertz CT molecular complexity index is 1920. The number of fused-ring (bicyclic) bond motifs is 3. The molecule has 7 rings (SSSR count). The first-order chi connectivity index (χ1) is 21.8. The Morgan fingerprint density at radius 2 is 1.34 bits per heavy atom. The Kier molecular flexibility index (Phi) is 8.15. The van der Waals surface area contributed by atoms with Crippen LogP contribution in [0.4, 0.5) is 11.4 Å². The Hall–Kier alpha value is -4.82. The van der Waals surface area contributed by atoms with Gasteiger partial charge in [-0.2, -0.15) is 0 Å². The van der Waals surface area contributed by atoms with Crippen LogP contribution in [0, 0.1) is 0 Å². The van der Waals surface area contributed by atoms with Gasteiger partial charge in [0.25, 0.3) is 0 Å². The summed E-state index contributed by atoms with van der Waals surface area (Å²) in [4.78, 5) is 2.41. The summed E-state index contributed by atoms with van der Waals surface area (Å²) in [7, 11) is 0. The fraction of sp³-hybridized carbons (Fsp3) is 0.190. The first-order valence-corrected chi connectivity index (χ1v) is 16.2. The first kappa shape index (κ1) is 28.0. The Morgan fingerprint density at radius 1 is 0.659 bits per heavy atom. The molecule has 0 atom stereocenters. The molecular weight excluding hydrogens is 532 g/mol. The van der Waals surface area contributed by atoms with Crippen molar-refractivity contribution in [3.8, 4) is 0 Å². The van der Waals surface area contributed by atoms with Crippen LogP contribution in [0.15, 0.2) is 133 Å². The van der Waals surface area contributed by atoms with Crippen LogP contribution in [0.3, 0.4) is 0 Å². The number of hydrogen-bond acceptors (Lipinski definition) is 1. The molecule has 0 saturated heterocycles. The summed E-state index contributed by atoms with van der Waals surface area (Å²) in [5.41, 5.74) is 11.2. The van der Waals surface area contributed by atoms with Gasteiger partial charge in [0, 0.05) is 33.5 Å². The van der Waals surface area contributed by atoms with Gasteiger partial charge < -0.3 is 9.47 Å². The molecule has 1 heterocycles. The summed E-state index contributed by atoms with van der Waals surface area (Å²) in [5, 5.41) is 2.57. The lowest BCUT2D eigenvalue weighted by molar-refractivity contribution is 0.795. The van der Waals surface area contributed by atoms with Crippen molar-refractivity contribution in [2.75, 3.05) is 4.90 Å². The maximum atomic E-state index is 2.42. The molecule has 0 saturated carbocycles. The number of hydrogen-bond donors (Lipinski definition) is 0. The zero-order valence-corrected chi connectivity index (χ0v) is 25.6. The zero-order chi connectivity index (χ0) is 29.7. The van der Waals surface area contributed by atoms with Crippen LogP contribution in [0.5, 0.6) is 0 Å². The molecule has 0 radical (unpaired) electrons. The molecule has 0 N–H and O–H groups in total. The number of unbranched alkanes of at least 4 members (excludes halogenated alkanes) is 1. The van der Waals surface area contributed by atoms with Crippen LogP contribution in [0.1, 0.15) is 62.1 Å². The van der Waals surface area contributed by atoms with E-state index < -0.39 is 0 Å². The molecule has 0 fully saturated rings. The highest BCUT2D eigenvalue weighted by Gasteiger charge is 2.18. The van der Waals surface area contributed by atoms with E-state index in [2.05, 4.69) is 156 Å². The largest absolute Gasteiger partial charge is 0.311 e. The summed E-state index contributed by atoms with van der Waals surface area (Å²) in [6.45, 7) is 2.25. The molecule has 0 aliphatic heterocycles. The molecule has 44 heavy (non-hydrogen) atoms. The predicted molar refractivity (Wildman–Crippen MR) is 191 cm³/mol. The molecule has 218 valence electrons. The van der Waals surface area contributed by atoms with Gasteiger partial charge in [-0.3, -0.25) is 0 Å². The van der Waals surface area contributed by atoms with Crippen molar-refractivity contribution in [2.24, 2.45) is 0 Å². The standard InChI is InChI=1S/C42H40N2/c1-2-3-12-32-19-21-33(22-20-32)23-24-34-25-27-37(28-26-34)43(35-13-6-4-7-14-35)38-29-30-42-40(31-38)39-17-10-11-18-41(39)44(42)36-15-8-5-9-16-36/h6,8,10-11,13-31H,2-5,7,9,12H2,1H3/b24-23+. The lowest BCUT2D eigenvalue weighted by Gasteiger charge is -2.28. The van der Waals surface area contributed by atoms with Crippen LogP contribution in [-0.4, -0.2) is 4.57 Å². The Balaban J connectivity index is 1.23. The molecule has 0 bridgehead atoms. The van der Waals surface area contributed by atoms with Crippen LogP contribution in [-0.2, 0) is 6.42 Å². The van der Waals surface area contributed by atoms with Crippen LogP contribution >= 0.6 is 0 Å². The minimum atomic E-state index is 1.06. The van der Waals surface area contributed by atoms with Crippen molar-refractivity contribution < 1.29 is 0 Å². The van der Waals surface area contributed by atoms with Crippen molar-refractivity contribution in [2.45, 2.75) is 51.9 Å². The number of allylic oxidation sites excluding steroid dienone is 7. The summed E-state index contributed by atoms with van der Waals surface area (Å²) >= 11 is 0. The quantitative estimate of drug-likeness (QED) is 0.159. The highest BCUT2D eigenvalue weighted by molar-refractivity contribution is 6.11. The summed E-state index contributed by atoms with van der Waals surface area (Å²) < 4.78 is 2.42. The summed E-state index contributed by atoms with van der Waals surface area (Å²) in [6.07, 6.45) is 26.3. The highest BCUT2D eigenvalue weighted by Crippen LogP contribution is 2.39. The van der Waals surface area contributed by atoms with Crippen LogP contribution < -0.4 is 4.90 Å². The van der Waals surface area contributed by atoms with E-state index in [1.165, 1.54) is 74.1 Å². The second kappa shape index (κ2) is 12.8. The highest BCUT2D eigenvalue weighted by atomic mass is 15.1. The van der Waals surface area contributed by atoms with Gasteiger partial charge in [0.2, 0.25) is 0 Å². The lowest BCUT2D eigenvalue weighted by atomic mass is 10.0. The number of nitrogens with zero attached hydrogens (tertiary/aromatic N) is 2. The smallest absolute Gasteiger partial charge is 0.0542 e. The topological polar surface area (TPSA) is 8.17 Å². The van der Waals surface area contributed by atoms with E-state index in [9.17, 15) is 0 Å². The van der Waals surface area contributed by atoms with Crippen molar-refractivity contribution in [1.82, 2.24) is 4.57 Å². The van der Waals surface area contributed by atoms with E-state index in [-0.39, 0.29) is 0 Å². The normalized spacial score (nSPS) is 14.8. The fourth-order valence-corrected chi connectivity index (χ4v) is 6.46. The monoisotopic (exact) mass is 572 g/mol. The summed E-state index contributed by atoms with van der Waals surface area (Å²) in [6, 6.07) is 33.7. The number of anilines is 2. The van der Waals surface area contributed by atoms with E-state index in [1.54, 1.807) is 0 Å². The van der Waals surface area contributed by atoms with Gasteiger partial charge in [-0.25, -0.2) is 0 Å². The third kappa shape index (κ3) is 5.73. The van der Waals surface area contributed by atoms with Crippen LogP contribution in [0.2, 0.25) is 0 Å². The Labute approximate surface area is 261 Å². The number of aromatic nitrogens is 1. The minimum absolute atomic E-state index is 1.06. The van der Waals surface area contributed by atoms with Gasteiger partial charge in [-0.1, -0.05) is 104 Å². The maximum Gasteiger partial charge on any atom is 0.0542 e. The molecule has 2 aliphatic rings. The molecule has 0 amide bonds. The van der Waals surface area contributed by atoms with Gasteiger partial charge in [0.15, 0.2) is 0 Å². The molecule has 0 spiro atoms. The predicted octanol–water partition coefficient (Wildman–Crippen LogP) is 11.9. The molecule has 0 unspecified atom stereocenters. The maximum absolute atomic E-state index is 2.42. The van der Waals surface area contributed by atoms with E-state index in [0.29, 0.717) is 0 Å². The van der Waals surface area contributed by atoms with Gasteiger partial charge in [-0.05, 0) is 104 Å². The molecule has 2 heteroatoms. The van der Waals surface area contributed by atoms with Crippen molar-refractivity contribution in [1.29, 1.82) is 0 Å². The molecule has 2 aliphatic carbocycles. The van der Waals surface area contributed by atoms with Crippen molar-refractivity contribution in [3.05, 3.63) is 150 Å². The van der Waals surface area contributed by atoms with Crippen molar-refractivity contribution >= 4 is 51.0 Å². The number of benzene rings is 4. The first-order valence-electron chi connectivity index (χ1n) is 16.2. The van der Waals surface area contributed by atoms with Gasteiger partial charge in [0.05, 0.1) is 11.0 Å². The van der Waals surface area contributed by atoms with Gasteiger partial charge in [0.1, 0.15) is 0 Å². The average Bonchev–Trinajstić information content (AvgIpc) is 3.42. The third-order valence-corrected chi connectivity index (χ3v) is 8.80. The van der Waals surface area contributed by atoms with E-state index in [4.69, 9.17) is 0 Å². The van der Waals surface area contributed by atoms with Gasteiger partial charge >= 0.3 is 0 Å². The number of aryl methyl sites for hydroxylation is 1. The van der Waals surface area contributed by atoms with E-state index >= 15 is 0 Å². The number of rotatable bonds is 9. The van der Waals surface area contributed by atoms with Crippen LogP contribution in [0.25, 0.3) is 39.7 Å². The third-order valence-electron chi connectivity index (χ3n) is 8.80. The number of para-hydroxylation sites is 1. The second-order valence-electron chi connectivity index (χ2n) is 11.9. The lowest BCUT2D eigenvalue weighted by Crippen LogP contribution is -2.16. The minimum Gasteiger partial charge on any atom is -0.311 e. The van der Waals surface area contributed by atoms with Crippen molar-refractivity contribution in [3.63, 3.8) is 0 Å². The molecule has 2 nitrogen and oxygen atoms in total. The van der Waals surface area contributed by atoms with E-state index in [1.807, 2.05) is 0 Å². The molecule has 4 aromatic carbocycles. The SMILES string of the molecule is CCCCc1ccc(/C=C/c2ccc(N(C3=CCCC=C3)c3ccc4c(c3)c3ccccc3n4C3=CCCC=C3)cc2)cc1. The molecule has 1 aromatic heterocycles. The molecule has 5 aromatic rings. The Morgan fingerprint density at radius 3 is 2.05 bits per heavy atom. The average molecular weight is 573 g/mol.